The van der Waals surface area contributed by atoms with E-state index in [1.165, 1.54) is 0 Å². The fourth-order valence-corrected chi connectivity index (χ4v) is 2.56. The van der Waals surface area contributed by atoms with E-state index in [-0.39, 0.29) is 30.5 Å². The quantitative estimate of drug-likeness (QED) is 0.617. The molecule has 2 rings (SSSR count). The SMILES string of the molecule is O=C(CCNC(=O)c1ccc([N+](=O)[O-])cc1F)NC1CCCC1. The number of nitro groups is 1. The highest BCUT2D eigenvalue weighted by Crippen LogP contribution is 2.18. The maximum atomic E-state index is 13.7. The molecule has 1 aromatic carbocycles. The second-order valence-electron chi connectivity index (χ2n) is 5.48. The lowest BCUT2D eigenvalue weighted by Crippen LogP contribution is -2.35. The van der Waals surface area contributed by atoms with Crippen molar-refractivity contribution in [1.29, 1.82) is 0 Å². The first kappa shape index (κ1) is 16.9. The summed E-state index contributed by atoms with van der Waals surface area (Å²) < 4.78 is 13.7. The predicted octanol–water partition coefficient (Wildman–Crippen LogP) is 1.91. The summed E-state index contributed by atoms with van der Waals surface area (Å²) >= 11 is 0. The van der Waals surface area contributed by atoms with Crippen LogP contribution in [0.2, 0.25) is 0 Å². The molecule has 0 aliphatic heterocycles. The molecule has 0 bridgehead atoms. The van der Waals surface area contributed by atoms with Gasteiger partial charge < -0.3 is 10.6 Å². The number of hydrogen-bond donors (Lipinski definition) is 2. The lowest BCUT2D eigenvalue weighted by molar-refractivity contribution is -0.385. The van der Waals surface area contributed by atoms with Crippen LogP contribution in [0.15, 0.2) is 18.2 Å². The highest BCUT2D eigenvalue weighted by atomic mass is 19.1. The van der Waals surface area contributed by atoms with Crippen molar-refractivity contribution in [2.45, 2.75) is 38.1 Å². The Morgan fingerprint density at radius 1 is 1.30 bits per heavy atom. The fourth-order valence-electron chi connectivity index (χ4n) is 2.56. The zero-order valence-corrected chi connectivity index (χ0v) is 12.5. The molecule has 2 N–H and O–H groups in total. The Morgan fingerprint density at radius 2 is 2.00 bits per heavy atom. The molecule has 1 aliphatic carbocycles. The lowest BCUT2D eigenvalue weighted by atomic mass is 10.1. The van der Waals surface area contributed by atoms with Gasteiger partial charge >= 0.3 is 0 Å². The van der Waals surface area contributed by atoms with Crippen molar-refractivity contribution in [1.82, 2.24) is 10.6 Å². The van der Waals surface area contributed by atoms with E-state index in [1.807, 2.05) is 0 Å². The summed E-state index contributed by atoms with van der Waals surface area (Å²) in [4.78, 5) is 33.3. The molecule has 124 valence electrons. The molecule has 2 amide bonds. The first-order valence-corrected chi connectivity index (χ1v) is 7.49. The molecule has 8 heteroatoms. The molecule has 1 aliphatic rings. The molecular formula is C15H18FN3O4. The zero-order chi connectivity index (χ0) is 16.8. The van der Waals surface area contributed by atoms with E-state index in [4.69, 9.17) is 0 Å². The van der Waals surface area contributed by atoms with Crippen molar-refractivity contribution in [3.63, 3.8) is 0 Å². The lowest BCUT2D eigenvalue weighted by Gasteiger charge is -2.12. The van der Waals surface area contributed by atoms with Crippen molar-refractivity contribution < 1.29 is 18.9 Å². The van der Waals surface area contributed by atoms with Gasteiger partial charge in [0, 0.05) is 25.1 Å². The summed E-state index contributed by atoms with van der Waals surface area (Å²) in [5.41, 5.74) is -0.707. The number of nitrogens with one attached hydrogen (secondary N) is 2. The summed E-state index contributed by atoms with van der Waals surface area (Å²) in [6, 6.07) is 3.03. The van der Waals surface area contributed by atoms with Crippen LogP contribution in [0.25, 0.3) is 0 Å². The van der Waals surface area contributed by atoms with Gasteiger partial charge in [-0.15, -0.1) is 0 Å². The third kappa shape index (κ3) is 4.73. The number of non-ortho nitro benzene ring substituents is 1. The molecule has 1 fully saturated rings. The molecule has 0 spiro atoms. The van der Waals surface area contributed by atoms with Gasteiger partial charge in [-0.25, -0.2) is 4.39 Å². The van der Waals surface area contributed by atoms with Crippen molar-refractivity contribution in [3.05, 3.63) is 39.7 Å². The number of carbonyl (C=O) groups excluding carboxylic acids is 2. The van der Waals surface area contributed by atoms with Crippen LogP contribution in [-0.4, -0.2) is 29.3 Å². The number of benzene rings is 1. The van der Waals surface area contributed by atoms with Crippen molar-refractivity contribution in [2.75, 3.05) is 6.54 Å². The average Bonchev–Trinajstić information content (AvgIpc) is 2.99. The number of nitrogens with zero attached hydrogens (tertiary/aromatic N) is 1. The number of rotatable bonds is 6. The molecule has 0 saturated heterocycles. The van der Waals surface area contributed by atoms with Gasteiger partial charge in [-0.05, 0) is 18.9 Å². The summed E-state index contributed by atoms with van der Waals surface area (Å²) in [6.45, 7) is 0.0772. The predicted molar refractivity (Wildman–Crippen MR) is 80.4 cm³/mol. The van der Waals surface area contributed by atoms with E-state index in [2.05, 4.69) is 10.6 Å². The molecular weight excluding hydrogens is 305 g/mol. The molecule has 0 unspecified atom stereocenters. The second-order valence-corrected chi connectivity index (χ2v) is 5.48. The van der Waals surface area contributed by atoms with Gasteiger partial charge in [0.2, 0.25) is 5.91 Å². The third-order valence-corrected chi connectivity index (χ3v) is 3.77. The Bertz CT molecular complexity index is 615. The number of carbonyl (C=O) groups is 2. The van der Waals surface area contributed by atoms with Crippen LogP contribution in [0.5, 0.6) is 0 Å². The first-order chi connectivity index (χ1) is 11.0. The monoisotopic (exact) mass is 323 g/mol. The standard InChI is InChI=1S/C15H18FN3O4/c16-13-9-11(19(22)23)5-6-12(13)15(21)17-8-7-14(20)18-10-3-1-2-4-10/h5-6,9-10H,1-4,7-8H2,(H,17,21)(H,18,20). The minimum atomic E-state index is -0.966. The highest BCUT2D eigenvalue weighted by molar-refractivity contribution is 5.94. The molecule has 7 nitrogen and oxygen atoms in total. The van der Waals surface area contributed by atoms with E-state index in [0.29, 0.717) is 6.07 Å². The average molecular weight is 323 g/mol. The van der Waals surface area contributed by atoms with Crippen LogP contribution in [0.3, 0.4) is 0 Å². The van der Waals surface area contributed by atoms with Crippen LogP contribution in [0, 0.1) is 15.9 Å². The van der Waals surface area contributed by atoms with Crippen molar-refractivity contribution >= 4 is 17.5 Å². The molecule has 0 heterocycles. The van der Waals surface area contributed by atoms with Gasteiger partial charge in [0.25, 0.3) is 11.6 Å². The Balaban J connectivity index is 1.80. The highest BCUT2D eigenvalue weighted by Gasteiger charge is 2.18. The minimum Gasteiger partial charge on any atom is -0.353 e. The zero-order valence-electron chi connectivity index (χ0n) is 12.5. The summed E-state index contributed by atoms with van der Waals surface area (Å²) in [5, 5.41) is 15.8. The van der Waals surface area contributed by atoms with Gasteiger partial charge in [-0.1, -0.05) is 12.8 Å². The van der Waals surface area contributed by atoms with Gasteiger partial charge in [0.15, 0.2) is 0 Å². The molecule has 1 saturated carbocycles. The van der Waals surface area contributed by atoms with Gasteiger partial charge in [-0.2, -0.15) is 0 Å². The van der Waals surface area contributed by atoms with E-state index < -0.39 is 22.3 Å². The van der Waals surface area contributed by atoms with E-state index in [0.717, 1.165) is 37.8 Å². The minimum absolute atomic E-state index is 0.0772. The van der Waals surface area contributed by atoms with Crippen LogP contribution < -0.4 is 10.6 Å². The van der Waals surface area contributed by atoms with E-state index >= 15 is 0 Å². The first-order valence-electron chi connectivity index (χ1n) is 7.49. The molecule has 0 aromatic heterocycles. The topological polar surface area (TPSA) is 101 Å². The summed E-state index contributed by atoms with van der Waals surface area (Å²) in [6.07, 6.45) is 4.29. The van der Waals surface area contributed by atoms with Crippen LogP contribution in [0.4, 0.5) is 10.1 Å². The van der Waals surface area contributed by atoms with Gasteiger partial charge in [-0.3, -0.25) is 19.7 Å². The Labute approximate surface area is 132 Å². The van der Waals surface area contributed by atoms with Crippen LogP contribution >= 0.6 is 0 Å². The Morgan fingerprint density at radius 3 is 2.61 bits per heavy atom. The Hall–Kier alpha value is -2.51. The second kappa shape index (κ2) is 7.66. The van der Waals surface area contributed by atoms with Crippen molar-refractivity contribution in [3.8, 4) is 0 Å². The number of nitro benzene ring substituents is 1. The van der Waals surface area contributed by atoms with Gasteiger partial charge in [0.1, 0.15) is 5.82 Å². The fraction of sp³-hybridized carbons (Fsp3) is 0.467. The normalized spacial score (nSPS) is 14.5. The number of halogens is 1. The van der Waals surface area contributed by atoms with Gasteiger partial charge in [0.05, 0.1) is 16.6 Å². The summed E-state index contributed by atoms with van der Waals surface area (Å²) in [5.74, 6) is -1.82. The van der Waals surface area contributed by atoms with E-state index in [9.17, 15) is 24.1 Å². The number of amides is 2. The van der Waals surface area contributed by atoms with E-state index in [1.54, 1.807) is 0 Å². The van der Waals surface area contributed by atoms with Crippen LogP contribution in [0.1, 0.15) is 42.5 Å². The molecule has 0 atom stereocenters. The molecule has 0 radical (unpaired) electrons. The maximum Gasteiger partial charge on any atom is 0.272 e. The largest absolute Gasteiger partial charge is 0.353 e. The molecule has 1 aromatic rings. The summed E-state index contributed by atoms with van der Waals surface area (Å²) in [7, 11) is 0. The Kier molecular flexibility index (Phi) is 5.61. The number of hydrogen-bond acceptors (Lipinski definition) is 4. The smallest absolute Gasteiger partial charge is 0.272 e. The molecule has 23 heavy (non-hydrogen) atoms. The third-order valence-electron chi connectivity index (χ3n) is 3.77. The van der Waals surface area contributed by atoms with Crippen LogP contribution in [-0.2, 0) is 4.79 Å². The maximum absolute atomic E-state index is 13.7. The van der Waals surface area contributed by atoms with Crippen molar-refractivity contribution in [2.24, 2.45) is 0 Å².